The number of hydrogen-bond donors (Lipinski definition) is 3. The summed E-state index contributed by atoms with van der Waals surface area (Å²) in [4.78, 5) is 71.2. The van der Waals surface area contributed by atoms with Gasteiger partial charge in [0.1, 0.15) is 17.1 Å². The third-order valence-corrected chi connectivity index (χ3v) is 8.03. The first kappa shape index (κ1) is 28.6. The van der Waals surface area contributed by atoms with Crippen molar-refractivity contribution in [3.63, 3.8) is 0 Å². The van der Waals surface area contributed by atoms with E-state index < -0.39 is 65.4 Å². The van der Waals surface area contributed by atoms with Crippen LogP contribution in [0.5, 0.6) is 0 Å². The Balaban J connectivity index is 1.86. The molecule has 37 heavy (non-hydrogen) atoms. The minimum absolute atomic E-state index is 0.0616. The fourth-order valence-corrected chi connectivity index (χ4v) is 6.13. The van der Waals surface area contributed by atoms with Gasteiger partial charge in [0, 0.05) is 11.0 Å². The number of carbonyl (C=O) groups excluding carboxylic acids is 5. The number of oxime groups is 1. The lowest BCUT2D eigenvalue weighted by molar-refractivity contribution is -0.149. The molecule has 2 aliphatic rings. The summed E-state index contributed by atoms with van der Waals surface area (Å²) >= 11 is 5.37. The zero-order chi connectivity index (χ0) is 27.3. The Bertz CT molecular complexity index is 1170. The van der Waals surface area contributed by atoms with Crippen LogP contribution in [0.15, 0.2) is 21.8 Å². The number of aromatic nitrogens is 1. The number of fused-ring (bicyclic) bond motifs is 1. The maximum absolute atomic E-state index is 13.2. The minimum Gasteiger partial charge on any atom is -0.614 e. The number of thiazole rings is 1. The van der Waals surface area contributed by atoms with Gasteiger partial charge in [-0.2, -0.15) is 0 Å². The van der Waals surface area contributed by atoms with E-state index in [0.717, 1.165) is 12.9 Å². The first-order valence-electron chi connectivity index (χ1n) is 10.5. The Morgan fingerprint density at radius 2 is 2.27 bits per heavy atom. The normalized spacial score (nSPS) is 21.8. The van der Waals surface area contributed by atoms with Gasteiger partial charge < -0.3 is 34.5 Å². The molecule has 0 radical (unpaired) electrons. The summed E-state index contributed by atoms with van der Waals surface area (Å²) in [5, 5.41) is 18.5. The van der Waals surface area contributed by atoms with Crippen LogP contribution in [0.3, 0.4) is 0 Å². The van der Waals surface area contributed by atoms with Gasteiger partial charge in [0.25, 0.3) is 11.8 Å². The Labute approximate surface area is 223 Å². The van der Waals surface area contributed by atoms with Gasteiger partial charge in [0.15, 0.2) is 23.5 Å². The highest BCUT2D eigenvalue weighted by Gasteiger charge is 2.61. The first-order chi connectivity index (χ1) is 17.7. The maximum Gasteiger partial charge on any atom is 0.353 e. The van der Waals surface area contributed by atoms with Crippen LogP contribution in [0.2, 0.25) is 0 Å². The van der Waals surface area contributed by atoms with Crippen molar-refractivity contribution in [1.82, 2.24) is 20.5 Å². The van der Waals surface area contributed by atoms with Crippen LogP contribution in [0.1, 0.15) is 10.7 Å². The highest BCUT2D eigenvalue weighted by Crippen LogP contribution is 2.37. The number of amides is 3. The predicted octanol–water partition coefficient (Wildman–Crippen LogP) is -3.84. The standard InChI is InChI=1S/C18H20B2ClN5O9S2/c1-7-23-9(4-36-7)11(25-35-10(3-22-6-27)14(28)20-32)15(29)24-12-16(30)26-13(18(31)34-19)8(2-21)5-37(33)17(12)26/h4,6,10,12,17,20,32H,2-3,5,19H2,1H3,(H,22,27)(H,24,29)/b25-11-/t10-,12+,17+,37?/m0/s1. The summed E-state index contributed by atoms with van der Waals surface area (Å²) in [7, 11) is 0.224. The average molecular weight is 572 g/mol. The number of rotatable bonds is 12. The molecule has 3 amide bonds. The third kappa shape index (κ3) is 5.98. The molecular weight excluding hydrogens is 551 g/mol. The fraction of sp³-hybridized carbons (Fsp3) is 0.389. The SMILES string of the molecule is BOC(=O)C1=C(CCl)C[S+]([O-])[C@@H]2[C@H](NC(=O)/C(=N\O[C@@H](CNC=O)C(=O)BO)c3csc(C)n3)C(=O)N12. The largest absolute Gasteiger partial charge is 0.614 e. The van der Waals surface area contributed by atoms with E-state index in [4.69, 9.17) is 26.1 Å². The van der Waals surface area contributed by atoms with Crippen LogP contribution in [-0.2, 0) is 44.6 Å². The minimum atomic E-state index is -1.70. The summed E-state index contributed by atoms with van der Waals surface area (Å²) in [5.41, 5.74) is -1.00. The molecule has 4 atom stereocenters. The number of aryl methyl sites for hydroxylation is 1. The summed E-state index contributed by atoms with van der Waals surface area (Å²) in [5.74, 6) is -2.72. The number of hydrogen-bond acceptors (Lipinski definition) is 12. The number of halogens is 1. The van der Waals surface area contributed by atoms with Gasteiger partial charge in [-0.25, -0.2) is 9.78 Å². The van der Waals surface area contributed by atoms with Crippen molar-refractivity contribution in [1.29, 1.82) is 0 Å². The molecule has 0 bridgehead atoms. The van der Waals surface area contributed by atoms with E-state index in [9.17, 15) is 28.5 Å². The van der Waals surface area contributed by atoms with Crippen molar-refractivity contribution in [2.24, 2.45) is 5.16 Å². The second-order valence-corrected chi connectivity index (χ2v) is 10.5. The molecule has 1 aromatic heterocycles. The van der Waals surface area contributed by atoms with Crippen molar-refractivity contribution in [2.75, 3.05) is 18.2 Å². The van der Waals surface area contributed by atoms with Gasteiger partial charge in [-0.1, -0.05) is 5.16 Å². The van der Waals surface area contributed by atoms with Crippen LogP contribution in [0.25, 0.3) is 0 Å². The fourth-order valence-electron chi connectivity index (χ4n) is 3.51. The number of alkyl halides is 1. The molecule has 0 saturated carbocycles. The lowest BCUT2D eigenvalue weighted by Gasteiger charge is -2.49. The van der Waals surface area contributed by atoms with Gasteiger partial charge in [0.05, 0.1) is 17.4 Å². The molecule has 1 aromatic rings. The molecule has 0 aliphatic carbocycles. The molecule has 3 N–H and O–H groups in total. The number of carbonyl (C=O) groups is 5. The Morgan fingerprint density at radius 3 is 2.84 bits per heavy atom. The first-order valence-corrected chi connectivity index (χ1v) is 13.3. The second kappa shape index (κ2) is 12.6. The van der Waals surface area contributed by atoms with Crippen LogP contribution < -0.4 is 10.6 Å². The van der Waals surface area contributed by atoms with Crippen LogP contribution in [0, 0.1) is 6.92 Å². The molecule has 0 aromatic carbocycles. The van der Waals surface area contributed by atoms with E-state index in [1.165, 1.54) is 16.7 Å². The average Bonchev–Trinajstić information content (AvgIpc) is 3.32. The molecule has 0 spiro atoms. The van der Waals surface area contributed by atoms with Crippen LogP contribution >= 0.6 is 22.9 Å². The van der Waals surface area contributed by atoms with E-state index in [1.54, 1.807) is 6.92 Å². The summed E-state index contributed by atoms with van der Waals surface area (Å²) in [6.07, 6.45) is -1.10. The topological polar surface area (TPSA) is 200 Å². The molecule has 3 rings (SSSR count). The van der Waals surface area contributed by atoms with Gasteiger partial charge in [-0.3, -0.25) is 19.3 Å². The van der Waals surface area contributed by atoms with Gasteiger partial charge in [-0.15, -0.1) is 22.9 Å². The van der Waals surface area contributed by atoms with E-state index >= 15 is 0 Å². The lowest BCUT2D eigenvalue weighted by Crippen LogP contribution is -2.75. The molecule has 1 saturated heterocycles. The van der Waals surface area contributed by atoms with Crippen LogP contribution in [0.4, 0.5) is 0 Å². The molecule has 14 nitrogen and oxygen atoms in total. The monoisotopic (exact) mass is 571 g/mol. The molecule has 2 aliphatic heterocycles. The molecule has 3 heterocycles. The second-order valence-electron chi connectivity index (χ2n) is 7.59. The number of nitrogens with zero attached hydrogens (tertiary/aromatic N) is 3. The van der Waals surface area contributed by atoms with Crippen molar-refractivity contribution >= 4 is 85.2 Å². The van der Waals surface area contributed by atoms with Crippen molar-refractivity contribution in [3.05, 3.63) is 27.4 Å². The molecular formula is C18H20B2ClN5O9S2. The highest BCUT2D eigenvalue weighted by molar-refractivity contribution is 7.92. The van der Waals surface area contributed by atoms with E-state index in [1.807, 2.05) is 0 Å². The molecule has 1 unspecified atom stereocenters. The van der Waals surface area contributed by atoms with Gasteiger partial charge in [-0.05, 0) is 18.1 Å². The third-order valence-electron chi connectivity index (χ3n) is 5.28. The zero-order valence-electron chi connectivity index (χ0n) is 19.5. The zero-order valence-corrected chi connectivity index (χ0v) is 21.9. The van der Waals surface area contributed by atoms with E-state index in [-0.39, 0.29) is 35.1 Å². The van der Waals surface area contributed by atoms with Crippen molar-refractivity contribution in [3.8, 4) is 0 Å². The van der Waals surface area contributed by atoms with Gasteiger partial charge >= 0.3 is 21.5 Å². The molecule has 196 valence electrons. The van der Waals surface area contributed by atoms with Gasteiger partial charge in [0.2, 0.25) is 11.8 Å². The summed E-state index contributed by atoms with van der Waals surface area (Å²) in [6.45, 7) is 1.34. The van der Waals surface area contributed by atoms with E-state index in [0.29, 0.717) is 11.4 Å². The quantitative estimate of drug-likeness (QED) is 0.0424. The Hall–Kier alpha value is -2.92. The summed E-state index contributed by atoms with van der Waals surface area (Å²) < 4.78 is 17.6. The lowest BCUT2D eigenvalue weighted by atomic mass is 9.89. The highest BCUT2D eigenvalue weighted by atomic mass is 35.5. The smallest absolute Gasteiger partial charge is 0.353 e. The van der Waals surface area contributed by atoms with Crippen LogP contribution in [-0.4, -0.2) is 106 Å². The predicted molar refractivity (Wildman–Crippen MR) is 135 cm³/mol. The molecule has 1 fully saturated rings. The Morgan fingerprint density at radius 1 is 1.54 bits per heavy atom. The molecule has 19 heteroatoms. The number of nitrogens with one attached hydrogen (secondary N) is 2. The summed E-state index contributed by atoms with van der Waals surface area (Å²) in [6, 6.07) is -1.28. The number of β-lactam (4-membered cyclic amide) rings is 1. The van der Waals surface area contributed by atoms with E-state index in [2.05, 4.69) is 20.8 Å². The van der Waals surface area contributed by atoms with Crippen molar-refractivity contribution in [2.45, 2.75) is 24.4 Å². The van der Waals surface area contributed by atoms with Crippen molar-refractivity contribution < 1.29 is 43.0 Å². The maximum atomic E-state index is 13.2. The Kier molecular flexibility index (Phi) is 9.72.